The molecular formula is C23H22F8O6S2. The third-order valence-corrected chi connectivity index (χ3v) is 11.3. The van der Waals surface area contributed by atoms with Crippen molar-refractivity contribution in [3.05, 3.63) is 48.6 Å². The van der Waals surface area contributed by atoms with Gasteiger partial charge in [0.25, 0.3) is 6.10 Å². The number of alkyl halides is 8. The monoisotopic (exact) mass is 610 g/mol. The quantitative estimate of drug-likeness (QED) is 0.180. The van der Waals surface area contributed by atoms with E-state index < -0.39 is 62.3 Å². The lowest BCUT2D eigenvalue weighted by Gasteiger charge is -2.37. The number of rotatable bonds is 9. The van der Waals surface area contributed by atoms with Crippen molar-refractivity contribution in [2.75, 3.05) is 18.1 Å². The number of carbonyl (C=O) groups excluding carboxylic acids is 1. The largest absolute Gasteiger partial charge is 0.483 e. The Kier molecular flexibility index (Phi) is 8.54. The van der Waals surface area contributed by atoms with Crippen LogP contribution in [0.1, 0.15) is 19.8 Å². The van der Waals surface area contributed by atoms with Gasteiger partial charge in [-0.1, -0.05) is 41.2 Å². The Hall–Kier alpha value is -2.59. The van der Waals surface area contributed by atoms with Crippen molar-refractivity contribution < 1.29 is 61.4 Å². The Labute approximate surface area is 219 Å². The second-order valence-corrected chi connectivity index (χ2v) is 13.5. The van der Waals surface area contributed by atoms with Crippen molar-refractivity contribution in [3.8, 4) is 5.75 Å². The fraction of sp³-hybridized carbons (Fsp3) is 0.435. The highest BCUT2D eigenvalue weighted by atomic mass is 32.3. The molecule has 1 saturated heterocycles. The number of fused-ring (bicyclic) bond motifs is 1. The van der Waals surface area contributed by atoms with E-state index in [1.54, 1.807) is 0 Å². The van der Waals surface area contributed by atoms with Gasteiger partial charge in [-0.3, -0.25) is 0 Å². The second-order valence-electron chi connectivity index (χ2n) is 8.63. The van der Waals surface area contributed by atoms with Gasteiger partial charge >= 0.3 is 33.7 Å². The van der Waals surface area contributed by atoms with E-state index in [1.807, 2.05) is 0 Å². The number of carbonyl (C=O) groups is 1. The minimum absolute atomic E-state index is 0.0248. The van der Waals surface area contributed by atoms with E-state index in [-0.39, 0.29) is 45.8 Å². The maximum Gasteiger partial charge on any atom is 0.432 e. The molecule has 6 nitrogen and oxygen atoms in total. The molecule has 1 heterocycles. The zero-order chi connectivity index (χ0) is 29.4. The van der Waals surface area contributed by atoms with Gasteiger partial charge in [0, 0.05) is 27.4 Å². The minimum atomic E-state index is -6.42. The topological polar surface area (TPSA) is 78.9 Å². The Balaban J connectivity index is 2.09. The summed E-state index contributed by atoms with van der Waals surface area (Å²) in [5.41, 5.74) is -0.685. The molecule has 0 aromatic heterocycles. The molecule has 3 rings (SSSR count). The van der Waals surface area contributed by atoms with Crippen LogP contribution in [0.4, 0.5) is 35.1 Å². The average molecular weight is 611 g/mol. The average Bonchev–Trinajstić information content (AvgIpc) is 3.27. The van der Waals surface area contributed by atoms with Crippen LogP contribution in [0.5, 0.6) is 5.75 Å². The number of esters is 1. The van der Waals surface area contributed by atoms with Crippen LogP contribution in [0, 0.1) is 0 Å². The maximum absolute atomic E-state index is 15.1. The van der Waals surface area contributed by atoms with E-state index >= 15 is 8.78 Å². The third kappa shape index (κ3) is 6.60. The summed E-state index contributed by atoms with van der Waals surface area (Å²) in [6.45, 7) is 2.23. The molecule has 0 N–H and O–H groups in total. The van der Waals surface area contributed by atoms with Crippen molar-refractivity contribution in [3.63, 3.8) is 0 Å². The van der Waals surface area contributed by atoms with Crippen molar-refractivity contribution in [2.45, 2.75) is 48.4 Å². The third-order valence-electron chi connectivity index (χ3n) is 5.56. The summed E-state index contributed by atoms with van der Waals surface area (Å²) < 4.78 is 148. The molecule has 1 fully saturated rings. The van der Waals surface area contributed by atoms with Gasteiger partial charge in [-0.05, 0) is 37.3 Å². The molecule has 0 amide bonds. The molecule has 0 aliphatic carbocycles. The molecular weight excluding hydrogens is 588 g/mol. The Morgan fingerprint density at radius 3 is 2.05 bits per heavy atom. The summed E-state index contributed by atoms with van der Waals surface area (Å²) in [6.07, 6.45) is -14.5. The lowest BCUT2D eigenvalue weighted by atomic mass is 10.1. The first-order chi connectivity index (χ1) is 17.8. The van der Waals surface area contributed by atoms with Crippen LogP contribution >= 0.6 is 10.3 Å². The van der Waals surface area contributed by atoms with E-state index in [0.717, 1.165) is 19.1 Å². The smallest absolute Gasteiger partial charge is 0.432 e. The van der Waals surface area contributed by atoms with E-state index in [0.29, 0.717) is 0 Å². The van der Waals surface area contributed by atoms with E-state index in [2.05, 4.69) is 11.3 Å². The predicted octanol–water partition coefficient (Wildman–Crippen LogP) is 6.64. The summed E-state index contributed by atoms with van der Waals surface area (Å²) in [6, 6.07) is 7.86. The first-order valence-electron chi connectivity index (χ1n) is 11.1. The van der Waals surface area contributed by atoms with Crippen LogP contribution in [0.15, 0.2) is 53.4 Å². The first kappa shape index (κ1) is 30.9. The number of ether oxygens (including phenoxy) is 2. The van der Waals surface area contributed by atoms with Gasteiger partial charge in [-0.2, -0.15) is 43.5 Å². The van der Waals surface area contributed by atoms with E-state index in [4.69, 9.17) is 8.37 Å². The Morgan fingerprint density at radius 2 is 1.54 bits per heavy atom. The standard InChI is InChI=1S/C23H22F8O6S2/c1-14(2)19(32)36-20(22(27,28)29)23(30,31)39(33,34)37-38(11-5-6-12-38)18-10-9-17(35-13-21(24,25)26)15-7-3-4-8-16(15)18/h3-4,7-10,20H,1,5-6,11-13H2,2H3. The molecule has 1 atom stereocenters. The van der Waals surface area contributed by atoms with Gasteiger partial charge in [-0.15, -0.1) is 0 Å². The first-order valence-corrected chi connectivity index (χ1v) is 14.4. The number of halogens is 8. The van der Waals surface area contributed by atoms with Gasteiger partial charge in [0.05, 0.1) is 0 Å². The molecule has 2 aromatic carbocycles. The lowest BCUT2D eigenvalue weighted by Crippen LogP contribution is -2.53. The van der Waals surface area contributed by atoms with Gasteiger partial charge in [-0.25, -0.2) is 8.42 Å². The lowest BCUT2D eigenvalue weighted by molar-refractivity contribution is -0.257. The minimum Gasteiger partial charge on any atom is -0.483 e. The summed E-state index contributed by atoms with van der Waals surface area (Å²) in [4.78, 5) is 11.7. The molecule has 2 aromatic rings. The summed E-state index contributed by atoms with van der Waals surface area (Å²) in [7, 11) is -9.68. The second kappa shape index (κ2) is 10.8. The molecule has 0 radical (unpaired) electrons. The Morgan fingerprint density at radius 1 is 0.974 bits per heavy atom. The highest BCUT2D eigenvalue weighted by Crippen LogP contribution is 2.65. The molecule has 0 saturated carbocycles. The van der Waals surface area contributed by atoms with Crippen LogP contribution in [-0.4, -0.2) is 56.2 Å². The van der Waals surface area contributed by atoms with E-state index in [1.165, 1.54) is 24.3 Å². The van der Waals surface area contributed by atoms with Crippen molar-refractivity contribution in [1.29, 1.82) is 0 Å². The van der Waals surface area contributed by atoms with Crippen LogP contribution in [0.2, 0.25) is 0 Å². The van der Waals surface area contributed by atoms with Crippen LogP contribution < -0.4 is 4.74 Å². The summed E-state index contributed by atoms with van der Waals surface area (Å²) in [5, 5.41) is -5.56. The molecule has 39 heavy (non-hydrogen) atoms. The van der Waals surface area contributed by atoms with Crippen molar-refractivity contribution in [1.82, 2.24) is 0 Å². The zero-order valence-corrected chi connectivity index (χ0v) is 21.7. The highest BCUT2D eigenvalue weighted by molar-refractivity contribution is 8.33. The molecule has 0 bridgehead atoms. The number of hydrogen-bond acceptors (Lipinski definition) is 6. The molecule has 1 aliphatic rings. The van der Waals surface area contributed by atoms with Crippen LogP contribution in [-0.2, 0) is 23.3 Å². The molecule has 1 unspecified atom stereocenters. The zero-order valence-electron chi connectivity index (χ0n) is 20.1. The normalized spacial score (nSPS) is 18.0. The maximum atomic E-state index is 15.1. The van der Waals surface area contributed by atoms with E-state index in [9.17, 15) is 39.6 Å². The van der Waals surface area contributed by atoms with Crippen molar-refractivity contribution in [2.24, 2.45) is 0 Å². The summed E-state index contributed by atoms with van der Waals surface area (Å²) >= 11 is 0. The van der Waals surface area contributed by atoms with Gasteiger partial charge in [0.15, 0.2) is 6.61 Å². The molecule has 1 aliphatic heterocycles. The highest BCUT2D eigenvalue weighted by Gasteiger charge is 2.68. The van der Waals surface area contributed by atoms with Crippen LogP contribution in [0.3, 0.4) is 0 Å². The van der Waals surface area contributed by atoms with Gasteiger partial charge in [0.2, 0.25) is 0 Å². The fourth-order valence-electron chi connectivity index (χ4n) is 3.83. The fourth-order valence-corrected chi connectivity index (χ4v) is 9.73. The Bertz CT molecular complexity index is 1350. The van der Waals surface area contributed by atoms with Crippen molar-refractivity contribution >= 4 is 37.2 Å². The SMILES string of the molecule is C=C(C)C(=O)OC(C(F)(F)F)C(F)(F)S(=O)(=O)OS1(c2ccc(OCC(F)(F)F)c3ccccc23)CCCC1. The van der Waals surface area contributed by atoms with Gasteiger partial charge < -0.3 is 9.47 Å². The number of benzene rings is 2. The molecule has 16 heteroatoms. The molecule has 218 valence electrons. The summed E-state index contributed by atoms with van der Waals surface area (Å²) in [5.74, 6) is -2.42. The van der Waals surface area contributed by atoms with Gasteiger partial charge in [0.1, 0.15) is 5.75 Å². The predicted molar refractivity (Wildman–Crippen MR) is 126 cm³/mol. The van der Waals surface area contributed by atoms with Crippen LogP contribution in [0.25, 0.3) is 10.8 Å². The number of hydrogen-bond donors (Lipinski definition) is 0. The molecule has 0 spiro atoms.